The summed E-state index contributed by atoms with van der Waals surface area (Å²) in [6.45, 7) is 0. The number of rotatable bonds is 6. The van der Waals surface area contributed by atoms with Gasteiger partial charge in [0, 0.05) is 42.5 Å². The van der Waals surface area contributed by atoms with E-state index in [9.17, 15) is 9.59 Å². The van der Waals surface area contributed by atoms with Crippen molar-refractivity contribution in [1.29, 1.82) is 5.41 Å². The summed E-state index contributed by atoms with van der Waals surface area (Å²) in [6.07, 6.45) is 1.40. The Balaban J connectivity index is 1.90. The van der Waals surface area contributed by atoms with E-state index in [0.717, 1.165) is 0 Å². The summed E-state index contributed by atoms with van der Waals surface area (Å²) in [6, 6.07) is 12.6. The smallest absolute Gasteiger partial charge is 0.259 e. The Hall–Kier alpha value is -3.62. The van der Waals surface area contributed by atoms with Crippen molar-refractivity contribution in [1.82, 2.24) is 9.88 Å². The van der Waals surface area contributed by atoms with E-state index in [1.807, 2.05) is 0 Å². The van der Waals surface area contributed by atoms with Gasteiger partial charge in [0.05, 0.1) is 23.4 Å². The molecule has 0 unspecified atom stereocenters. The van der Waals surface area contributed by atoms with Crippen molar-refractivity contribution in [2.45, 2.75) is 0 Å². The fourth-order valence-corrected chi connectivity index (χ4v) is 3.23. The summed E-state index contributed by atoms with van der Waals surface area (Å²) in [7, 11) is 4.94. The lowest BCUT2D eigenvalue weighted by molar-refractivity contribution is 0.102. The maximum Gasteiger partial charge on any atom is 0.259 e. The highest BCUT2D eigenvalue weighted by molar-refractivity contribution is 6.32. The summed E-state index contributed by atoms with van der Waals surface area (Å²) in [5.41, 5.74) is 1.25. The number of nitrogens with zero attached hydrogens (tertiary/aromatic N) is 2. The van der Waals surface area contributed by atoms with E-state index in [-0.39, 0.29) is 27.8 Å². The van der Waals surface area contributed by atoms with Crippen molar-refractivity contribution in [3.8, 4) is 5.75 Å². The molecule has 3 aromatic rings. The number of ether oxygens (including phenoxy) is 1. The van der Waals surface area contributed by atoms with Crippen LogP contribution in [0.4, 0.5) is 11.5 Å². The van der Waals surface area contributed by atoms with Crippen LogP contribution in [0, 0.1) is 5.41 Å². The van der Waals surface area contributed by atoms with E-state index in [1.165, 1.54) is 25.4 Å². The van der Waals surface area contributed by atoms with E-state index in [4.69, 9.17) is 33.3 Å². The van der Waals surface area contributed by atoms with Crippen LogP contribution in [0.5, 0.6) is 5.75 Å². The number of aromatic nitrogens is 1. The Morgan fingerprint density at radius 2 is 1.61 bits per heavy atom. The molecule has 0 aliphatic carbocycles. The molecule has 0 spiro atoms. The molecule has 0 aliphatic heterocycles. The fourth-order valence-electron chi connectivity index (χ4n) is 2.91. The second kappa shape index (κ2) is 10.3. The van der Waals surface area contributed by atoms with Gasteiger partial charge in [-0.2, -0.15) is 0 Å². The number of carbonyl (C=O) groups excluding carboxylic acids is 2. The molecule has 0 atom stereocenters. The minimum absolute atomic E-state index is 0.0930. The molecule has 0 bridgehead atoms. The van der Waals surface area contributed by atoms with Crippen LogP contribution in [0.25, 0.3) is 0 Å². The van der Waals surface area contributed by atoms with Crippen molar-refractivity contribution >= 4 is 52.4 Å². The van der Waals surface area contributed by atoms with E-state index < -0.39 is 11.8 Å². The van der Waals surface area contributed by atoms with Gasteiger partial charge in [0.25, 0.3) is 11.8 Å². The zero-order valence-corrected chi connectivity index (χ0v) is 19.6. The van der Waals surface area contributed by atoms with Gasteiger partial charge >= 0.3 is 0 Å². The second-order valence-electron chi connectivity index (χ2n) is 7.12. The van der Waals surface area contributed by atoms with Crippen LogP contribution in [0.3, 0.4) is 0 Å². The average molecular weight is 486 g/mol. The quantitative estimate of drug-likeness (QED) is 0.343. The van der Waals surface area contributed by atoms with E-state index in [1.54, 1.807) is 55.4 Å². The lowest BCUT2D eigenvalue weighted by Gasteiger charge is -2.16. The molecular formula is C23H21Cl2N5O3. The van der Waals surface area contributed by atoms with Crippen molar-refractivity contribution in [2.75, 3.05) is 31.8 Å². The molecule has 1 aromatic heterocycles. The maximum atomic E-state index is 13.0. The van der Waals surface area contributed by atoms with Crippen molar-refractivity contribution < 1.29 is 14.3 Å². The number of benzene rings is 2. The molecule has 0 radical (unpaired) electrons. The van der Waals surface area contributed by atoms with Crippen molar-refractivity contribution in [3.63, 3.8) is 0 Å². The van der Waals surface area contributed by atoms with Gasteiger partial charge in [-0.25, -0.2) is 4.98 Å². The zero-order chi connectivity index (χ0) is 24.1. The monoisotopic (exact) mass is 485 g/mol. The Bertz CT molecular complexity index is 1200. The number of methoxy groups -OCH3 is 1. The van der Waals surface area contributed by atoms with Gasteiger partial charge in [-0.1, -0.05) is 35.3 Å². The van der Waals surface area contributed by atoms with Crippen LogP contribution in [0.2, 0.25) is 10.0 Å². The standard InChI is InChI=1S/C23H21Cl2N5O3/c1-30(2)21(26)13-4-6-14(7-5-13)22(31)29-20-17(10-16(25)11-18(20)33-3)23(32)28-19-9-8-15(24)12-27-19/h4-12,26H,1-3H3,(H,29,31)(H,27,28,32). The van der Waals surface area contributed by atoms with Gasteiger partial charge in [-0.3, -0.25) is 15.0 Å². The number of anilines is 2. The van der Waals surface area contributed by atoms with Crippen LogP contribution >= 0.6 is 23.2 Å². The first kappa shape index (κ1) is 24.0. The Morgan fingerprint density at radius 1 is 0.939 bits per heavy atom. The molecule has 1 heterocycles. The first-order valence-corrected chi connectivity index (χ1v) is 10.4. The van der Waals surface area contributed by atoms with Crippen LogP contribution in [-0.4, -0.2) is 48.7 Å². The Kier molecular flexibility index (Phi) is 7.52. The predicted octanol–water partition coefficient (Wildman–Crippen LogP) is 4.79. The summed E-state index contributed by atoms with van der Waals surface area (Å²) < 4.78 is 5.35. The van der Waals surface area contributed by atoms with Gasteiger partial charge < -0.3 is 20.3 Å². The van der Waals surface area contributed by atoms with Crippen LogP contribution in [0.15, 0.2) is 54.7 Å². The summed E-state index contributed by atoms with van der Waals surface area (Å²) in [5.74, 6) is -0.195. The second-order valence-corrected chi connectivity index (χ2v) is 7.99. The molecular weight excluding hydrogens is 465 g/mol. The van der Waals surface area contributed by atoms with Crippen LogP contribution < -0.4 is 15.4 Å². The third kappa shape index (κ3) is 5.79. The molecule has 0 saturated carbocycles. The number of pyridine rings is 1. The van der Waals surface area contributed by atoms with Crippen molar-refractivity contribution in [3.05, 3.63) is 81.5 Å². The first-order chi connectivity index (χ1) is 15.7. The molecule has 8 nitrogen and oxygen atoms in total. The molecule has 3 rings (SSSR count). The molecule has 10 heteroatoms. The molecule has 2 amide bonds. The number of halogens is 2. The van der Waals surface area contributed by atoms with E-state index >= 15 is 0 Å². The largest absolute Gasteiger partial charge is 0.494 e. The Morgan fingerprint density at radius 3 is 2.18 bits per heavy atom. The summed E-state index contributed by atoms with van der Waals surface area (Å²) in [5, 5.41) is 14.1. The van der Waals surface area contributed by atoms with Crippen LogP contribution in [0.1, 0.15) is 26.3 Å². The highest BCUT2D eigenvalue weighted by Gasteiger charge is 2.21. The minimum atomic E-state index is -0.546. The van der Waals surface area contributed by atoms with Gasteiger partial charge in [-0.15, -0.1) is 0 Å². The zero-order valence-electron chi connectivity index (χ0n) is 18.1. The topological polar surface area (TPSA) is 107 Å². The number of hydrogen-bond donors (Lipinski definition) is 3. The third-order valence-electron chi connectivity index (χ3n) is 4.61. The molecule has 0 saturated heterocycles. The maximum absolute atomic E-state index is 13.0. The predicted molar refractivity (Wildman–Crippen MR) is 130 cm³/mol. The normalized spacial score (nSPS) is 10.3. The number of nitrogens with one attached hydrogen (secondary N) is 3. The number of amides is 2. The lowest BCUT2D eigenvalue weighted by Crippen LogP contribution is -2.22. The van der Waals surface area contributed by atoms with Gasteiger partial charge in [0.1, 0.15) is 17.4 Å². The summed E-state index contributed by atoms with van der Waals surface area (Å²) >= 11 is 12.0. The fraction of sp³-hybridized carbons (Fsp3) is 0.130. The van der Waals surface area contributed by atoms with Gasteiger partial charge in [0.2, 0.25) is 0 Å². The number of carbonyl (C=O) groups is 2. The number of amidine groups is 1. The van der Waals surface area contributed by atoms with Gasteiger partial charge in [-0.05, 0) is 30.3 Å². The molecule has 0 aliphatic rings. The van der Waals surface area contributed by atoms with Crippen LogP contribution in [-0.2, 0) is 0 Å². The number of hydrogen-bond acceptors (Lipinski definition) is 5. The third-order valence-corrected chi connectivity index (χ3v) is 5.05. The highest BCUT2D eigenvalue weighted by Crippen LogP contribution is 2.33. The lowest BCUT2D eigenvalue weighted by atomic mass is 10.1. The van der Waals surface area contributed by atoms with Crippen molar-refractivity contribution in [2.24, 2.45) is 0 Å². The molecule has 170 valence electrons. The minimum Gasteiger partial charge on any atom is -0.494 e. The highest BCUT2D eigenvalue weighted by atomic mass is 35.5. The SMILES string of the molecule is COc1cc(Cl)cc(C(=O)Nc2ccc(Cl)cn2)c1NC(=O)c1ccc(C(=N)N(C)C)cc1. The summed E-state index contributed by atoms with van der Waals surface area (Å²) in [4.78, 5) is 31.6. The first-order valence-electron chi connectivity index (χ1n) is 9.67. The molecule has 0 fully saturated rings. The molecule has 3 N–H and O–H groups in total. The Labute approximate surface area is 201 Å². The molecule has 33 heavy (non-hydrogen) atoms. The molecule has 2 aromatic carbocycles. The van der Waals surface area contributed by atoms with Gasteiger partial charge in [0.15, 0.2) is 0 Å². The van der Waals surface area contributed by atoms with E-state index in [2.05, 4.69) is 15.6 Å². The van der Waals surface area contributed by atoms with E-state index in [0.29, 0.717) is 22.0 Å². The average Bonchev–Trinajstić information content (AvgIpc) is 2.80.